The van der Waals surface area contributed by atoms with Gasteiger partial charge in [0.1, 0.15) is 23.7 Å². The number of hydrogen-bond donors (Lipinski definition) is 0. The van der Waals surface area contributed by atoms with E-state index in [0.717, 1.165) is 28.0 Å². The van der Waals surface area contributed by atoms with E-state index in [1.165, 1.54) is 0 Å². The fourth-order valence-electron chi connectivity index (χ4n) is 5.93. The summed E-state index contributed by atoms with van der Waals surface area (Å²) in [6.45, 7) is 4.22. The van der Waals surface area contributed by atoms with Gasteiger partial charge < -0.3 is 23.7 Å². The van der Waals surface area contributed by atoms with Gasteiger partial charge in [-0.2, -0.15) is 0 Å². The Balaban J connectivity index is 1.46. The van der Waals surface area contributed by atoms with Crippen LogP contribution >= 0.6 is 0 Å². The van der Waals surface area contributed by atoms with Crippen LogP contribution in [-0.4, -0.2) is 48.7 Å². The molecule has 0 radical (unpaired) electrons. The van der Waals surface area contributed by atoms with E-state index in [0.29, 0.717) is 45.8 Å². The van der Waals surface area contributed by atoms with Crippen LogP contribution in [0.5, 0.6) is 5.75 Å². The average molecular weight is 594 g/mol. The number of ether oxygens (including phenoxy) is 4. The molecule has 1 heterocycles. The number of benzene rings is 4. The summed E-state index contributed by atoms with van der Waals surface area (Å²) in [5, 5.41) is 0. The first kappa shape index (κ1) is 31.6. The number of rotatable bonds is 16. The molecule has 5 rings (SSSR count). The summed E-state index contributed by atoms with van der Waals surface area (Å²) in [5.74, 6) is 0.987. The van der Waals surface area contributed by atoms with Gasteiger partial charge in [-0.25, -0.2) is 0 Å². The fraction of sp³-hybridized carbons (Fsp3) is 0.342. The van der Waals surface area contributed by atoms with Crippen molar-refractivity contribution in [1.29, 1.82) is 0 Å². The Bertz CT molecular complexity index is 1400. The van der Waals surface area contributed by atoms with Crippen molar-refractivity contribution in [3.8, 4) is 5.75 Å². The van der Waals surface area contributed by atoms with Crippen molar-refractivity contribution in [3.63, 3.8) is 0 Å². The Morgan fingerprint density at radius 3 is 1.64 bits per heavy atom. The molecule has 1 saturated heterocycles. The molecular formula is C38H43NO5. The molecule has 0 N–H and O–H groups in total. The summed E-state index contributed by atoms with van der Waals surface area (Å²) in [5.41, 5.74) is 4.48. The van der Waals surface area contributed by atoms with Crippen molar-refractivity contribution in [2.24, 2.45) is 0 Å². The monoisotopic (exact) mass is 593 g/mol. The first-order valence-electron chi connectivity index (χ1n) is 15.4. The molecule has 0 spiro atoms. The van der Waals surface area contributed by atoms with Crippen molar-refractivity contribution >= 4 is 5.78 Å². The number of hydrogen-bond acceptors (Lipinski definition) is 6. The number of carbonyl (C=O) groups is 1. The molecule has 4 aromatic carbocycles. The fourth-order valence-corrected chi connectivity index (χ4v) is 5.93. The van der Waals surface area contributed by atoms with Gasteiger partial charge in [0.15, 0.2) is 0 Å². The maximum absolute atomic E-state index is 12.3. The molecule has 0 saturated carbocycles. The van der Waals surface area contributed by atoms with E-state index in [2.05, 4.69) is 53.4 Å². The van der Waals surface area contributed by atoms with Crippen LogP contribution < -0.4 is 4.74 Å². The molecule has 0 unspecified atom stereocenters. The first-order valence-corrected chi connectivity index (χ1v) is 15.4. The molecule has 0 bridgehead atoms. The molecule has 4 atom stereocenters. The Morgan fingerprint density at radius 2 is 1.14 bits per heavy atom. The molecular weight excluding hydrogens is 550 g/mol. The van der Waals surface area contributed by atoms with Gasteiger partial charge in [-0.05, 0) is 47.7 Å². The summed E-state index contributed by atoms with van der Waals surface area (Å²) in [7, 11) is 1.68. The zero-order valence-electron chi connectivity index (χ0n) is 25.7. The van der Waals surface area contributed by atoms with Crippen LogP contribution in [0.2, 0.25) is 0 Å². The lowest BCUT2D eigenvalue weighted by Crippen LogP contribution is -2.42. The van der Waals surface area contributed by atoms with Crippen LogP contribution in [0, 0.1) is 0 Å². The molecule has 230 valence electrons. The molecule has 1 aliphatic rings. The normalized spacial score (nSPS) is 20.0. The van der Waals surface area contributed by atoms with Crippen LogP contribution in [0.4, 0.5) is 0 Å². The first-order chi connectivity index (χ1) is 21.6. The standard InChI is InChI=1S/C38H43NO5/c1-29(40)18-23-35-37(43-26-32-14-8-4-9-15-32)38(44-27-33-16-10-5-11-17-33)36(28-42-25-31-12-6-3-7-13-31)39(35)24-30-19-21-34(41-2)22-20-30/h3-17,19-22,35-38H,18,23-28H2,1-2H3/t35-,36-,37-,38-/m1/s1. The van der Waals surface area contributed by atoms with Gasteiger partial charge in [0.05, 0.1) is 39.6 Å². The van der Waals surface area contributed by atoms with E-state index in [4.69, 9.17) is 18.9 Å². The molecule has 4 aromatic rings. The number of methoxy groups -OCH3 is 1. The molecule has 6 heteroatoms. The maximum Gasteiger partial charge on any atom is 0.129 e. The van der Waals surface area contributed by atoms with Crippen LogP contribution in [0.3, 0.4) is 0 Å². The van der Waals surface area contributed by atoms with Crippen LogP contribution in [0.25, 0.3) is 0 Å². The van der Waals surface area contributed by atoms with Crippen LogP contribution in [0.1, 0.15) is 42.0 Å². The van der Waals surface area contributed by atoms with Gasteiger partial charge in [0.2, 0.25) is 0 Å². The van der Waals surface area contributed by atoms with E-state index < -0.39 is 0 Å². The van der Waals surface area contributed by atoms with Crippen molar-refractivity contribution in [2.75, 3.05) is 13.7 Å². The SMILES string of the molecule is COc1ccc(CN2[C@H](CCC(C)=O)[C@@H](OCc3ccccc3)[C@H](OCc3ccccc3)[C@H]2COCc2ccccc2)cc1. The number of ketones is 1. The zero-order chi connectivity index (χ0) is 30.6. The van der Waals surface area contributed by atoms with Crippen LogP contribution in [0.15, 0.2) is 115 Å². The van der Waals surface area contributed by atoms with Gasteiger partial charge in [0.25, 0.3) is 0 Å². The van der Waals surface area contributed by atoms with Gasteiger partial charge >= 0.3 is 0 Å². The van der Waals surface area contributed by atoms with E-state index >= 15 is 0 Å². The van der Waals surface area contributed by atoms with E-state index in [9.17, 15) is 4.79 Å². The molecule has 1 fully saturated rings. The summed E-state index contributed by atoms with van der Waals surface area (Å²) in [6, 6.07) is 38.7. The van der Waals surface area contributed by atoms with E-state index in [1.54, 1.807) is 14.0 Å². The second-order valence-corrected chi connectivity index (χ2v) is 11.4. The highest BCUT2D eigenvalue weighted by Gasteiger charge is 2.50. The van der Waals surface area contributed by atoms with E-state index in [-0.39, 0.29) is 30.1 Å². The quantitative estimate of drug-likeness (QED) is 0.139. The van der Waals surface area contributed by atoms with E-state index in [1.807, 2.05) is 66.7 Å². The summed E-state index contributed by atoms with van der Waals surface area (Å²) < 4.78 is 25.4. The third kappa shape index (κ3) is 8.87. The maximum atomic E-state index is 12.3. The minimum Gasteiger partial charge on any atom is -0.497 e. The van der Waals surface area contributed by atoms with Gasteiger partial charge in [-0.15, -0.1) is 0 Å². The van der Waals surface area contributed by atoms with Gasteiger partial charge in [-0.1, -0.05) is 103 Å². The van der Waals surface area contributed by atoms with Crippen LogP contribution in [-0.2, 0) is 45.4 Å². The lowest BCUT2D eigenvalue weighted by Gasteiger charge is -2.31. The highest BCUT2D eigenvalue weighted by atomic mass is 16.5. The van der Waals surface area contributed by atoms with Crippen molar-refractivity contribution in [1.82, 2.24) is 4.90 Å². The summed E-state index contributed by atoms with van der Waals surface area (Å²) in [4.78, 5) is 14.7. The largest absolute Gasteiger partial charge is 0.497 e. The second kappa shape index (κ2) is 16.3. The summed E-state index contributed by atoms with van der Waals surface area (Å²) >= 11 is 0. The molecule has 0 aliphatic carbocycles. The Kier molecular flexibility index (Phi) is 11.7. The molecule has 0 amide bonds. The van der Waals surface area contributed by atoms with Gasteiger partial charge in [-0.3, -0.25) is 4.90 Å². The van der Waals surface area contributed by atoms with Crippen molar-refractivity contribution < 1.29 is 23.7 Å². The Morgan fingerprint density at radius 1 is 0.636 bits per heavy atom. The number of nitrogens with zero attached hydrogens (tertiary/aromatic N) is 1. The number of likely N-dealkylation sites (tertiary alicyclic amines) is 1. The summed E-state index contributed by atoms with van der Waals surface area (Å²) in [6.07, 6.45) is 0.607. The minimum atomic E-state index is -0.273. The lowest BCUT2D eigenvalue weighted by molar-refractivity contribution is -0.117. The van der Waals surface area contributed by atoms with Crippen molar-refractivity contribution in [3.05, 3.63) is 138 Å². The van der Waals surface area contributed by atoms with Gasteiger partial charge in [0, 0.05) is 19.0 Å². The molecule has 44 heavy (non-hydrogen) atoms. The van der Waals surface area contributed by atoms with Crippen molar-refractivity contribution in [2.45, 2.75) is 70.4 Å². The predicted octanol–water partition coefficient (Wildman–Crippen LogP) is 7.00. The predicted molar refractivity (Wildman–Crippen MR) is 172 cm³/mol. The average Bonchev–Trinajstić information content (AvgIpc) is 3.34. The molecule has 1 aliphatic heterocycles. The minimum absolute atomic E-state index is 0.0455. The highest BCUT2D eigenvalue weighted by Crippen LogP contribution is 2.36. The molecule has 6 nitrogen and oxygen atoms in total. The Hall–Kier alpha value is -3.81. The topological polar surface area (TPSA) is 57.2 Å². The second-order valence-electron chi connectivity index (χ2n) is 11.4. The Labute approximate surface area is 261 Å². The lowest BCUT2D eigenvalue weighted by atomic mass is 10.0. The highest BCUT2D eigenvalue weighted by molar-refractivity contribution is 5.75. The third-order valence-corrected chi connectivity index (χ3v) is 8.22. The smallest absolute Gasteiger partial charge is 0.129 e. The third-order valence-electron chi connectivity index (χ3n) is 8.22. The number of carbonyl (C=O) groups excluding carboxylic acids is 1. The molecule has 0 aromatic heterocycles. The number of Topliss-reactive ketones (excluding diaryl/α,β-unsaturated/α-hetero) is 1. The zero-order valence-corrected chi connectivity index (χ0v) is 25.7.